The molecular weight excluding hydrogens is 242 g/mol. The monoisotopic (exact) mass is 257 g/mol. The number of carbonyl (C=O) groups is 2. The highest BCUT2D eigenvalue weighted by molar-refractivity contribution is 5.85. The second-order valence-corrected chi connectivity index (χ2v) is 3.29. The summed E-state index contributed by atoms with van der Waals surface area (Å²) in [6, 6.07) is 9.41. The molecule has 0 fully saturated rings. The van der Waals surface area contributed by atoms with Crippen LogP contribution in [-0.2, 0) is 9.59 Å². The summed E-state index contributed by atoms with van der Waals surface area (Å²) in [4.78, 5) is 21.7. The summed E-state index contributed by atoms with van der Waals surface area (Å²) in [5.74, 6) is -0.582. The molecule has 0 saturated carbocycles. The molecule has 2 amide bonds. The van der Waals surface area contributed by atoms with Gasteiger partial charge in [0.2, 0.25) is 11.8 Å². The zero-order valence-corrected chi connectivity index (χ0v) is 10.1. The van der Waals surface area contributed by atoms with Crippen molar-refractivity contribution < 1.29 is 9.59 Å². The van der Waals surface area contributed by atoms with E-state index in [4.69, 9.17) is 5.73 Å². The van der Waals surface area contributed by atoms with E-state index in [0.717, 1.165) is 5.69 Å². The van der Waals surface area contributed by atoms with E-state index < -0.39 is 5.91 Å². The van der Waals surface area contributed by atoms with Crippen molar-refractivity contribution in [2.75, 3.05) is 18.4 Å². The molecule has 0 atom stereocenters. The van der Waals surface area contributed by atoms with Crippen LogP contribution in [0.25, 0.3) is 0 Å². The van der Waals surface area contributed by atoms with Crippen molar-refractivity contribution in [2.45, 2.75) is 6.42 Å². The minimum atomic E-state index is -0.420. The molecular formula is C11H16ClN3O2. The standard InChI is InChI=1S/C11H15N3O2.ClH/c12-10(15)6-7-13-11(16)8-14-9-4-2-1-3-5-9;/h1-5,14H,6-8H2,(H2,12,15)(H,13,16);1H. The molecule has 0 heterocycles. The number of anilines is 1. The molecule has 0 aliphatic heterocycles. The third-order valence-electron chi connectivity index (χ3n) is 1.92. The topological polar surface area (TPSA) is 84.2 Å². The number of primary amides is 1. The first-order chi connectivity index (χ1) is 7.68. The van der Waals surface area contributed by atoms with E-state index >= 15 is 0 Å². The largest absolute Gasteiger partial charge is 0.376 e. The second-order valence-electron chi connectivity index (χ2n) is 3.29. The minimum Gasteiger partial charge on any atom is -0.376 e. The lowest BCUT2D eigenvalue weighted by Crippen LogP contribution is -2.32. The smallest absolute Gasteiger partial charge is 0.239 e. The maximum absolute atomic E-state index is 11.3. The molecule has 0 bridgehead atoms. The molecule has 17 heavy (non-hydrogen) atoms. The Morgan fingerprint density at radius 3 is 2.41 bits per heavy atom. The lowest BCUT2D eigenvalue weighted by atomic mass is 10.3. The molecule has 0 spiro atoms. The average molecular weight is 258 g/mol. The van der Waals surface area contributed by atoms with Crippen molar-refractivity contribution in [2.24, 2.45) is 5.73 Å². The molecule has 6 heteroatoms. The summed E-state index contributed by atoms with van der Waals surface area (Å²) in [7, 11) is 0. The number of amides is 2. The minimum absolute atomic E-state index is 0. The van der Waals surface area contributed by atoms with Gasteiger partial charge in [0.15, 0.2) is 0 Å². The van der Waals surface area contributed by atoms with Crippen molar-refractivity contribution in [1.29, 1.82) is 0 Å². The Bertz CT molecular complexity index is 357. The summed E-state index contributed by atoms with van der Waals surface area (Å²) in [5.41, 5.74) is 5.82. The van der Waals surface area contributed by atoms with Crippen molar-refractivity contribution >= 4 is 29.9 Å². The van der Waals surface area contributed by atoms with E-state index in [1.54, 1.807) is 0 Å². The van der Waals surface area contributed by atoms with Crippen LogP contribution in [-0.4, -0.2) is 24.9 Å². The van der Waals surface area contributed by atoms with Crippen LogP contribution in [0.4, 0.5) is 5.69 Å². The Morgan fingerprint density at radius 1 is 1.18 bits per heavy atom. The van der Waals surface area contributed by atoms with E-state index in [9.17, 15) is 9.59 Å². The predicted molar refractivity (Wildman–Crippen MR) is 69.0 cm³/mol. The molecule has 5 nitrogen and oxygen atoms in total. The van der Waals surface area contributed by atoms with Crippen LogP contribution in [0.1, 0.15) is 6.42 Å². The lowest BCUT2D eigenvalue weighted by molar-refractivity contribution is -0.120. The highest BCUT2D eigenvalue weighted by Crippen LogP contribution is 2.03. The van der Waals surface area contributed by atoms with E-state index in [-0.39, 0.29) is 37.8 Å². The fraction of sp³-hybridized carbons (Fsp3) is 0.273. The van der Waals surface area contributed by atoms with Crippen LogP contribution in [0.2, 0.25) is 0 Å². The number of carbonyl (C=O) groups excluding carboxylic acids is 2. The molecule has 94 valence electrons. The first-order valence-corrected chi connectivity index (χ1v) is 5.02. The normalized spacial score (nSPS) is 8.94. The molecule has 4 N–H and O–H groups in total. The number of nitrogens with two attached hydrogens (primary N) is 1. The maximum atomic E-state index is 11.3. The summed E-state index contributed by atoms with van der Waals surface area (Å²) >= 11 is 0. The van der Waals surface area contributed by atoms with Gasteiger partial charge in [-0.1, -0.05) is 18.2 Å². The lowest BCUT2D eigenvalue weighted by Gasteiger charge is -2.06. The number of benzene rings is 1. The van der Waals surface area contributed by atoms with Crippen molar-refractivity contribution in [3.63, 3.8) is 0 Å². The summed E-state index contributed by atoms with van der Waals surface area (Å²) < 4.78 is 0. The van der Waals surface area contributed by atoms with E-state index in [0.29, 0.717) is 0 Å². The zero-order valence-electron chi connectivity index (χ0n) is 9.31. The van der Waals surface area contributed by atoms with Gasteiger partial charge in [-0.25, -0.2) is 0 Å². The van der Waals surface area contributed by atoms with Gasteiger partial charge in [0.25, 0.3) is 0 Å². The number of hydrogen-bond donors (Lipinski definition) is 3. The Balaban J connectivity index is 0.00000256. The number of halogens is 1. The van der Waals surface area contributed by atoms with Gasteiger partial charge in [-0.3, -0.25) is 9.59 Å². The van der Waals surface area contributed by atoms with Gasteiger partial charge in [-0.2, -0.15) is 0 Å². The van der Waals surface area contributed by atoms with Gasteiger partial charge < -0.3 is 16.4 Å². The van der Waals surface area contributed by atoms with Crippen LogP contribution < -0.4 is 16.4 Å². The molecule has 0 saturated heterocycles. The summed E-state index contributed by atoms with van der Waals surface area (Å²) in [6.07, 6.45) is 0.164. The SMILES string of the molecule is Cl.NC(=O)CCNC(=O)CNc1ccccc1. The first-order valence-electron chi connectivity index (χ1n) is 5.02. The zero-order chi connectivity index (χ0) is 11.8. The van der Waals surface area contributed by atoms with E-state index in [1.807, 2.05) is 30.3 Å². The number of hydrogen-bond acceptors (Lipinski definition) is 3. The van der Waals surface area contributed by atoms with E-state index in [2.05, 4.69) is 10.6 Å². The highest BCUT2D eigenvalue weighted by atomic mass is 35.5. The van der Waals surface area contributed by atoms with Crippen molar-refractivity contribution in [1.82, 2.24) is 5.32 Å². The first kappa shape index (κ1) is 15.2. The van der Waals surface area contributed by atoms with Crippen LogP contribution in [0.5, 0.6) is 0 Å². The highest BCUT2D eigenvalue weighted by Gasteiger charge is 2.01. The van der Waals surface area contributed by atoms with Crippen molar-refractivity contribution in [3.8, 4) is 0 Å². The van der Waals surface area contributed by atoms with E-state index in [1.165, 1.54) is 0 Å². The Hall–Kier alpha value is -1.75. The second kappa shape index (κ2) is 8.41. The van der Waals surface area contributed by atoms with Gasteiger partial charge >= 0.3 is 0 Å². The summed E-state index contributed by atoms with van der Waals surface area (Å²) in [6.45, 7) is 0.466. The average Bonchev–Trinajstić information content (AvgIpc) is 2.27. The Morgan fingerprint density at radius 2 is 1.82 bits per heavy atom. The van der Waals surface area contributed by atoms with Crippen LogP contribution in [0.3, 0.4) is 0 Å². The quantitative estimate of drug-likeness (QED) is 0.694. The van der Waals surface area contributed by atoms with Crippen LogP contribution in [0, 0.1) is 0 Å². The molecule has 0 radical (unpaired) electrons. The third-order valence-corrected chi connectivity index (χ3v) is 1.92. The number of nitrogens with one attached hydrogen (secondary N) is 2. The van der Waals surface area contributed by atoms with Gasteiger partial charge in [0.1, 0.15) is 0 Å². The molecule has 0 aliphatic carbocycles. The number of para-hydroxylation sites is 1. The molecule has 1 rings (SSSR count). The molecule has 0 unspecified atom stereocenters. The van der Waals surface area contributed by atoms with Crippen LogP contribution in [0.15, 0.2) is 30.3 Å². The molecule has 1 aromatic carbocycles. The Kier molecular flexibility index (Phi) is 7.54. The Labute approximate surface area is 106 Å². The fourth-order valence-corrected chi connectivity index (χ4v) is 1.13. The predicted octanol–water partition coefficient (Wildman–Crippen LogP) is 0.512. The third kappa shape index (κ3) is 7.19. The van der Waals surface area contributed by atoms with Crippen molar-refractivity contribution in [3.05, 3.63) is 30.3 Å². The van der Waals surface area contributed by atoms with Gasteiger partial charge in [-0.05, 0) is 12.1 Å². The number of rotatable bonds is 6. The van der Waals surface area contributed by atoms with Gasteiger partial charge in [-0.15, -0.1) is 12.4 Å². The summed E-state index contributed by atoms with van der Waals surface area (Å²) in [5, 5.41) is 5.54. The van der Waals surface area contributed by atoms with Crippen LogP contribution >= 0.6 is 12.4 Å². The molecule has 0 aliphatic rings. The molecule has 0 aromatic heterocycles. The molecule has 1 aromatic rings. The fourth-order valence-electron chi connectivity index (χ4n) is 1.13. The maximum Gasteiger partial charge on any atom is 0.239 e. The van der Waals surface area contributed by atoms with Gasteiger partial charge in [0.05, 0.1) is 6.54 Å². The van der Waals surface area contributed by atoms with Gasteiger partial charge in [0, 0.05) is 18.7 Å².